The Morgan fingerprint density at radius 1 is 1.04 bits per heavy atom. The summed E-state index contributed by atoms with van der Waals surface area (Å²) in [6, 6.07) is 6.56. The number of halogens is 4. The quantitative estimate of drug-likeness (QED) is 0.865. The molecule has 7 heteroatoms. The number of morpholine rings is 1. The maximum absolute atomic E-state index is 13.9. The first kappa shape index (κ1) is 16.7. The molecule has 2 aromatic rings. The van der Waals surface area contributed by atoms with Gasteiger partial charge in [-0.2, -0.15) is 0 Å². The van der Waals surface area contributed by atoms with Gasteiger partial charge in [-0.05, 0) is 17.7 Å². The molecule has 1 aliphatic rings. The average Bonchev–Trinajstić information content (AvgIpc) is 2.55. The normalized spacial score (nSPS) is 19.1. The standard InChI is InChI=1S/C17H15F4NO2/c18-11-3-1-2-10(6-11)16(15-9-22-4-5-23-15)24-17-13(20)7-12(19)8-14(17)21/h1-3,6-8,15-16,22H,4-5,9H2/t15-,16-/m0/s1. The Bertz CT molecular complexity index is 696. The highest BCUT2D eigenvalue weighted by Crippen LogP contribution is 2.31. The molecular weight excluding hydrogens is 326 g/mol. The van der Waals surface area contributed by atoms with Crippen LogP contribution in [0.3, 0.4) is 0 Å². The van der Waals surface area contributed by atoms with Crippen molar-refractivity contribution in [3.63, 3.8) is 0 Å². The Labute approximate surface area is 136 Å². The SMILES string of the molecule is Fc1cccc([C@H](Oc2c(F)cc(F)cc2F)[C@@H]2CNCCO2)c1. The number of rotatable bonds is 4. The Balaban J connectivity index is 1.96. The lowest BCUT2D eigenvalue weighted by atomic mass is 10.0. The van der Waals surface area contributed by atoms with Gasteiger partial charge in [0.1, 0.15) is 17.7 Å². The van der Waals surface area contributed by atoms with Crippen molar-refractivity contribution < 1.29 is 27.0 Å². The molecule has 0 spiro atoms. The monoisotopic (exact) mass is 341 g/mol. The summed E-state index contributed by atoms with van der Waals surface area (Å²) >= 11 is 0. The summed E-state index contributed by atoms with van der Waals surface area (Å²) in [6.07, 6.45) is -1.53. The molecule has 0 saturated carbocycles. The summed E-state index contributed by atoms with van der Waals surface area (Å²) in [5, 5.41) is 3.08. The molecule has 0 amide bonds. The summed E-state index contributed by atoms with van der Waals surface area (Å²) in [5.74, 6) is -4.62. The van der Waals surface area contributed by atoms with Gasteiger partial charge in [-0.25, -0.2) is 17.6 Å². The molecule has 0 aliphatic carbocycles. The van der Waals surface area contributed by atoms with Gasteiger partial charge >= 0.3 is 0 Å². The molecule has 24 heavy (non-hydrogen) atoms. The Hall–Kier alpha value is -2.12. The number of nitrogens with one attached hydrogen (secondary N) is 1. The van der Waals surface area contributed by atoms with E-state index >= 15 is 0 Å². The molecule has 3 rings (SSSR count). The highest BCUT2D eigenvalue weighted by molar-refractivity contribution is 5.29. The van der Waals surface area contributed by atoms with Crippen molar-refractivity contribution in [3.05, 3.63) is 65.2 Å². The summed E-state index contributed by atoms with van der Waals surface area (Å²) in [6.45, 7) is 1.38. The zero-order valence-corrected chi connectivity index (χ0v) is 12.6. The van der Waals surface area contributed by atoms with Crippen LogP contribution in [0.5, 0.6) is 5.75 Å². The molecule has 1 fully saturated rings. The topological polar surface area (TPSA) is 30.5 Å². The third-order valence-electron chi connectivity index (χ3n) is 3.68. The van der Waals surface area contributed by atoms with Gasteiger partial charge in [0.05, 0.1) is 6.61 Å². The minimum Gasteiger partial charge on any atom is -0.477 e. The van der Waals surface area contributed by atoms with Gasteiger partial charge < -0.3 is 14.8 Å². The zero-order chi connectivity index (χ0) is 17.1. The van der Waals surface area contributed by atoms with Crippen molar-refractivity contribution in [2.75, 3.05) is 19.7 Å². The summed E-state index contributed by atoms with van der Waals surface area (Å²) in [7, 11) is 0. The number of ether oxygens (including phenoxy) is 2. The molecule has 1 aliphatic heterocycles. The second-order valence-electron chi connectivity index (χ2n) is 5.41. The van der Waals surface area contributed by atoms with Crippen LogP contribution in [-0.2, 0) is 4.74 Å². The summed E-state index contributed by atoms with van der Waals surface area (Å²) < 4.78 is 65.4. The van der Waals surface area contributed by atoms with Crippen LogP contribution < -0.4 is 10.1 Å². The van der Waals surface area contributed by atoms with E-state index in [0.717, 1.165) is 0 Å². The molecule has 2 atom stereocenters. The Morgan fingerprint density at radius 3 is 2.42 bits per heavy atom. The van der Waals surface area contributed by atoms with Gasteiger partial charge in [0, 0.05) is 25.2 Å². The van der Waals surface area contributed by atoms with E-state index in [1.807, 2.05) is 0 Å². The molecule has 0 unspecified atom stereocenters. The molecule has 0 aromatic heterocycles. The first-order valence-electron chi connectivity index (χ1n) is 7.43. The lowest BCUT2D eigenvalue weighted by molar-refractivity contribution is -0.0454. The molecule has 0 radical (unpaired) electrons. The maximum atomic E-state index is 13.9. The van der Waals surface area contributed by atoms with E-state index in [2.05, 4.69) is 5.32 Å². The third-order valence-corrected chi connectivity index (χ3v) is 3.68. The van der Waals surface area contributed by atoms with Crippen molar-refractivity contribution in [2.24, 2.45) is 0 Å². The van der Waals surface area contributed by atoms with Crippen molar-refractivity contribution in [3.8, 4) is 5.75 Å². The first-order valence-corrected chi connectivity index (χ1v) is 7.43. The Morgan fingerprint density at radius 2 is 1.79 bits per heavy atom. The van der Waals surface area contributed by atoms with Crippen molar-refractivity contribution >= 4 is 0 Å². The van der Waals surface area contributed by atoms with E-state index < -0.39 is 41.2 Å². The second kappa shape index (κ2) is 7.19. The van der Waals surface area contributed by atoms with Crippen molar-refractivity contribution in [1.82, 2.24) is 5.32 Å². The van der Waals surface area contributed by atoms with Gasteiger partial charge in [0.25, 0.3) is 0 Å². The van der Waals surface area contributed by atoms with Gasteiger partial charge in [-0.3, -0.25) is 0 Å². The lowest BCUT2D eigenvalue weighted by Crippen LogP contribution is -2.43. The number of hydrogen-bond donors (Lipinski definition) is 1. The van der Waals surface area contributed by atoms with Crippen LogP contribution in [0.25, 0.3) is 0 Å². The Kier molecular flexibility index (Phi) is 5.01. The molecule has 3 nitrogen and oxygen atoms in total. The molecule has 2 aromatic carbocycles. The van der Waals surface area contributed by atoms with E-state index in [1.165, 1.54) is 18.2 Å². The van der Waals surface area contributed by atoms with Gasteiger partial charge in [-0.15, -0.1) is 0 Å². The van der Waals surface area contributed by atoms with Crippen LogP contribution >= 0.6 is 0 Å². The molecule has 128 valence electrons. The van der Waals surface area contributed by atoms with Gasteiger partial charge in [0.15, 0.2) is 23.5 Å². The largest absolute Gasteiger partial charge is 0.477 e. The van der Waals surface area contributed by atoms with Gasteiger partial charge in [-0.1, -0.05) is 12.1 Å². The van der Waals surface area contributed by atoms with Crippen LogP contribution in [0.15, 0.2) is 36.4 Å². The molecule has 1 saturated heterocycles. The molecule has 0 bridgehead atoms. The van der Waals surface area contributed by atoms with Crippen LogP contribution in [0.2, 0.25) is 0 Å². The van der Waals surface area contributed by atoms with E-state index in [9.17, 15) is 17.6 Å². The average molecular weight is 341 g/mol. The molecule has 1 N–H and O–H groups in total. The van der Waals surface area contributed by atoms with Crippen LogP contribution in [0, 0.1) is 23.3 Å². The first-order chi connectivity index (χ1) is 11.5. The van der Waals surface area contributed by atoms with Gasteiger partial charge in [0.2, 0.25) is 0 Å². The van der Waals surface area contributed by atoms with E-state index in [0.29, 0.717) is 37.4 Å². The van der Waals surface area contributed by atoms with Crippen LogP contribution in [0.4, 0.5) is 17.6 Å². The highest BCUT2D eigenvalue weighted by atomic mass is 19.1. The minimum atomic E-state index is -1.17. The fourth-order valence-electron chi connectivity index (χ4n) is 2.59. The number of benzene rings is 2. The summed E-state index contributed by atoms with van der Waals surface area (Å²) in [4.78, 5) is 0. The zero-order valence-electron chi connectivity index (χ0n) is 12.6. The van der Waals surface area contributed by atoms with E-state index in [4.69, 9.17) is 9.47 Å². The van der Waals surface area contributed by atoms with Crippen LogP contribution in [-0.4, -0.2) is 25.8 Å². The molecule has 1 heterocycles. The lowest BCUT2D eigenvalue weighted by Gasteiger charge is -2.31. The van der Waals surface area contributed by atoms with Crippen molar-refractivity contribution in [2.45, 2.75) is 12.2 Å². The maximum Gasteiger partial charge on any atom is 0.191 e. The fraction of sp³-hybridized carbons (Fsp3) is 0.294. The second-order valence-corrected chi connectivity index (χ2v) is 5.41. The predicted molar refractivity (Wildman–Crippen MR) is 78.7 cm³/mol. The highest BCUT2D eigenvalue weighted by Gasteiger charge is 2.30. The van der Waals surface area contributed by atoms with Crippen molar-refractivity contribution in [1.29, 1.82) is 0 Å². The predicted octanol–water partition coefficient (Wildman–Crippen LogP) is 3.35. The number of hydrogen-bond acceptors (Lipinski definition) is 3. The van der Waals surface area contributed by atoms with Crippen LogP contribution in [0.1, 0.15) is 11.7 Å². The third kappa shape index (κ3) is 3.68. The van der Waals surface area contributed by atoms with E-state index in [1.54, 1.807) is 6.07 Å². The summed E-state index contributed by atoms with van der Waals surface area (Å²) in [5.41, 5.74) is 0.367. The molecular formula is C17H15F4NO2. The van der Waals surface area contributed by atoms with E-state index in [-0.39, 0.29) is 0 Å². The smallest absolute Gasteiger partial charge is 0.191 e. The fourth-order valence-corrected chi connectivity index (χ4v) is 2.59. The minimum absolute atomic E-state index is 0.367.